The molecule has 0 bridgehead atoms. The van der Waals surface area contributed by atoms with Crippen molar-refractivity contribution in [1.82, 2.24) is 0 Å². The highest BCUT2D eigenvalue weighted by Gasteiger charge is 2.17. The second kappa shape index (κ2) is 6.43. The third-order valence-corrected chi connectivity index (χ3v) is 3.52. The lowest BCUT2D eigenvalue weighted by atomic mass is 9.87. The highest BCUT2D eigenvalue weighted by molar-refractivity contribution is 5.69. The van der Waals surface area contributed by atoms with E-state index in [1.165, 1.54) is 19.3 Å². The molecular weight excluding hydrogens is 228 g/mol. The Morgan fingerprint density at radius 3 is 2.50 bits per heavy atom. The van der Waals surface area contributed by atoms with Gasteiger partial charge >= 0.3 is 5.97 Å². The average Bonchev–Trinajstić information content (AvgIpc) is 2.39. The Morgan fingerprint density at radius 1 is 1.17 bits per heavy atom. The average molecular weight is 248 g/mol. The predicted octanol–water partition coefficient (Wildman–Crippen LogP) is 3.41. The standard InChI is InChI=1S/C15H20O3/c16-14-8-6-13(7-9-14)11-18-15(17)10-12-4-2-1-3-5-12/h6-9,12,16H,1-5,10-11H2. The molecule has 0 unspecified atom stereocenters. The van der Waals surface area contributed by atoms with Gasteiger partial charge in [0.25, 0.3) is 0 Å². The topological polar surface area (TPSA) is 46.5 Å². The minimum atomic E-state index is -0.102. The molecule has 98 valence electrons. The molecule has 0 spiro atoms. The summed E-state index contributed by atoms with van der Waals surface area (Å²) in [5.41, 5.74) is 0.907. The van der Waals surface area contributed by atoms with Crippen molar-refractivity contribution in [2.24, 2.45) is 5.92 Å². The summed E-state index contributed by atoms with van der Waals surface area (Å²) in [6, 6.07) is 6.74. The molecule has 1 aromatic carbocycles. The third-order valence-electron chi connectivity index (χ3n) is 3.52. The van der Waals surface area contributed by atoms with Gasteiger partial charge in [0.15, 0.2) is 0 Å². The van der Waals surface area contributed by atoms with Gasteiger partial charge in [-0.15, -0.1) is 0 Å². The molecule has 1 N–H and O–H groups in total. The number of aromatic hydroxyl groups is 1. The number of carbonyl (C=O) groups is 1. The van der Waals surface area contributed by atoms with E-state index in [1.807, 2.05) is 0 Å². The molecule has 2 rings (SSSR count). The van der Waals surface area contributed by atoms with E-state index in [4.69, 9.17) is 9.84 Å². The Labute approximate surface area is 108 Å². The highest BCUT2D eigenvalue weighted by Crippen LogP contribution is 2.26. The number of benzene rings is 1. The van der Waals surface area contributed by atoms with Crippen molar-refractivity contribution in [3.63, 3.8) is 0 Å². The summed E-state index contributed by atoms with van der Waals surface area (Å²) in [4.78, 5) is 11.7. The Kier molecular flexibility index (Phi) is 4.62. The van der Waals surface area contributed by atoms with Crippen LogP contribution in [0.15, 0.2) is 24.3 Å². The van der Waals surface area contributed by atoms with Crippen molar-refractivity contribution in [2.75, 3.05) is 0 Å². The monoisotopic (exact) mass is 248 g/mol. The van der Waals surface area contributed by atoms with Gasteiger partial charge in [0.1, 0.15) is 12.4 Å². The lowest BCUT2D eigenvalue weighted by molar-refractivity contribution is -0.146. The number of hydrogen-bond donors (Lipinski definition) is 1. The van der Waals surface area contributed by atoms with Crippen molar-refractivity contribution in [1.29, 1.82) is 0 Å². The number of hydrogen-bond acceptors (Lipinski definition) is 3. The number of phenolic OH excluding ortho intramolecular Hbond substituents is 1. The molecule has 0 saturated heterocycles. The smallest absolute Gasteiger partial charge is 0.306 e. The highest BCUT2D eigenvalue weighted by atomic mass is 16.5. The van der Waals surface area contributed by atoms with Gasteiger partial charge in [0.05, 0.1) is 0 Å². The van der Waals surface area contributed by atoms with Gasteiger partial charge in [0, 0.05) is 6.42 Å². The van der Waals surface area contributed by atoms with Crippen molar-refractivity contribution >= 4 is 5.97 Å². The van der Waals surface area contributed by atoms with E-state index in [-0.39, 0.29) is 11.7 Å². The van der Waals surface area contributed by atoms with Crippen LogP contribution >= 0.6 is 0 Å². The largest absolute Gasteiger partial charge is 0.508 e. The maximum absolute atomic E-state index is 11.7. The van der Waals surface area contributed by atoms with Gasteiger partial charge in [-0.25, -0.2) is 0 Å². The number of rotatable bonds is 4. The van der Waals surface area contributed by atoms with E-state index in [1.54, 1.807) is 24.3 Å². The van der Waals surface area contributed by atoms with Crippen LogP contribution in [0.1, 0.15) is 44.1 Å². The van der Waals surface area contributed by atoms with E-state index in [0.717, 1.165) is 18.4 Å². The zero-order valence-corrected chi connectivity index (χ0v) is 10.6. The fraction of sp³-hybridized carbons (Fsp3) is 0.533. The molecule has 3 nitrogen and oxygen atoms in total. The Hall–Kier alpha value is -1.51. The van der Waals surface area contributed by atoms with Crippen LogP contribution in [-0.4, -0.2) is 11.1 Å². The Balaban J connectivity index is 1.72. The fourth-order valence-electron chi connectivity index (χ4n) is 2.44. The van der Waals surface area contributed by atoms with Gasteiger partial charge in [-0.1, -0.05) is 31.4 Å². The Morgan fingerprint density at radius 2 is 1.83 bits per heavy atom. The summed E-state index contributed by atoms with van der Waals surface area (Å²) in [5, 5.41) is 9.14. The number of phenols is 1. The van der Waals surface area contributed by atoms with E-state index >= 15 is 0 Å². The lowest BCUT2D eigenvalue weighted by Crippen LogP contribution is -2.14. The summed E-state index contributed by atoms with van der Waals surface area (Å²) in [7, 11) is 0. The molecule has 0 radical (unpaired) electrons. The quantitative estimate of drug-likeness (QED) is 0.831. The first-order chi connectivity index (χ1) is 8.74. The molecule has 3 heteroatoms. The van der Waals surface area contributed by atoms with E-state index < -0.39 is 0 Å². The van der Waals surface area contributed by atoms with Crippen LogP contribution in [0.25, 0.3) is 0 Å². The molecule has 0 amide bonds. The third kappa shape index (κ3) is 4.06. The zero-order valence-electron chi connectivity index (χ0n) is 10.6. The molecule has 1 aliphatic carbocycles. The number of ether oxygens (including phenoxy) is 1. The fourth-order valence-corrected chi connectivity index (χ4v) is 2.44. The molecular formula is C15H20O3. The van der Waals surface area contributed by atoms with Gasteiger partial charge in [0.2, 0.25) is 0 Å². The molecule has 0 heterocycles. The second-order valence-electron chi connectivity index (χ2n) is 5.04. The van der Waals surface area contributed by atoms with E-state index in [9.17, 15) is 4.79 Å². The SMILES string of the molecule is O=C(CC1CCCCC1)OCc1ccc(O)cc1. The molecule has 0 aliphatic heterocycles. The van der Waals surface area contributed by atoms with Crippen LogP contribution in [-0.2, 0) is 16.1 Å². The maximum Gasteiger partial charge on any atom is 0.306 e. The maximum atomic E-state index is 11.7. The van der Waals surface area contributed by atoms with Crippen molar-refractivity contribution in [3.8, 4) is 5.75 Å². The Bertz CT molecular complexity index is 377. The minimum Gasteiger partial charge on any atom is -0.508 e. The molecule has 0 aromatic heterocycles. The first-order valence-electron chi connectivity index (χ1n) is 6.67. The molecule has 0 atom stereocenters. The van der Waals surface area contributed by atoms with Crippen LogP contribution in [0, 0.1) is 5.92 Å². The predicted molar refractivity (Wildman–Crippen MR) is 69.1 cm³/mol. The summed E-state index contributed by atoms with van der Waals surface area (Å²) in [6.45, 7) is 0.297. The van der Waals surface area contributed by atoms with Gasteiger partial charge in [-0.05, 0) is 36.5 Å². The lowest BCUT2D eigenvalue weighted by Gasteiger charge is -2.20. The van der Waals surface area contributed by atoms with Crippen molar-refractivity contribution in [2.45, 2.75) is 45.1 Å². The molecule has 1 aromatic rings. The van der Waals surface area contributed by atoms with Crippen LogP contribution in [0.3, 0.4) is 0 Å². The normalized spacial score (nSPS) is 16.4. The number of carbonyl (C=O) groups excluding carboxylic acids is 1. The molecule has 1 aliphatic rings. The summed E-state index contributed by atoms with van der Waals surface area (Å²) >= 11 is 0. The molecule has 18 heavy (non-hydrogen) atoms. The van der Waals surface area contributed by atoms with Gasteiger partial charge in [-0.3, -0.25) is 4.79 Å². The van der Waals surface area contributed by atoms with Gasteiger partial charge in [-0.2, -0.15) is 0 Å². The number of esters is 1. The first-order valence-corrected chi connectivity index (χ1v) is 6.67. The minimum absolute atomic E-state index is 0.102. The van der Waals surface area contributed by atoms with E-state index in [0.29, 0.717) is 18.9 Å². The summed E-state index contributed by atoms with van der Waals surface area (Å²) < 4.78 is 5.25. The first kappa shape index (κ1) is 12.9. The van der Waals surface area contributed by atoms with E-state index in [2.05, 4.69) is 0 Å². The summed E-state index contributed by atoms with van der Waals surface area (Å²) in [6.07, 6.45) is 6.67. The van der Waals surface area contributed by atoms with Gasteiger partial charge < -0.3 is 9.84 Å². The van der Waals surface area contributed by atoms with Crippen molar-refractivity contribution in [3.05, 3.63) is 29.8 Å². The second-order valence-corrected chi connectivity index (χ2v) is 5.04. The molecule has 1 fully saturated rings. The van der Waals surface area contributed by atoms with Crippen LogP contribution in [0.5, 0.6) is 5.75 Å². The molecule has 1 saturated carbocycles. The van der Waals surface area contributed by atoms with Crippen molar-refractivity contribution < 1.29 is 14.6 Å². The summed E-state index contributed by atoms with van der Waals surface area (Å²) in [5.74, 6) is 0.647. The van der Waals surface area contributed by atoms with Crippen LogP contribution < -0.4 is 0 Å². The van der Waals surface area contributed by atoms with Crippen LogP contribution in [0.4, 0.5) is 0 Å². The van der Waals surface area contributed by atoms with Crippen LogP contribution in [0.2, 0.25) is 0 Å². The zero-order chi connectivity index (χ0) is 12.8.